The minimum Gasteiger partial charge on any atom is -0.392 e. The average molecular weight is 254 g/mol. The van der Waals surface area contributed by atoms with E-state index in [1.54, 1.807) is 0 Å². The van der Waals surface area contributed by atoms with E-state index >= 15 is 0 Å². The summed E-state index contributed by atoms with van der Waals surface area (Å²) in [5.41, 5.74) is 1.23. The van der Waals surface area contributed by atoms with Crippen molar-refractivity contribution in [1.29, 1.82) is 0 Å². The maximum Gasteiger partial charge on any atom is 0.0644 e. The first-order valence-electron chi connectivity index (χ1n) is 7.38. The number of rotatable bonds is 7. The van der Waals surface area contributed by atoms with Crippen LogP contribution in [0.25, 0.3) is 0 Å². The highest BCUT2D eigenvalue weighted by Crippen LogP contribution is 2.16. The minimum atomic E-state index is 0.226. The number of allylic oxidation sites excluding steroid dienone is 1. The van der Waals surface area contributed by atoms with Crippen LogP contribution < -0.4 is 0 Å². The third kappa shape index (κ3) is 5.51. The Labute approximate surface area is 112 Å². The van der Waals surface area contributed by atoms with Gasteiger partial charge in [0, 0.05) is 26.2 Å². The largest absolute Gasteiger partial charge is 0.392 e. The highest BCUT2D eigenvalue weighted by Gasteiger charge is 2.15. The Kier molecular flexibility index (Phi) is 7.56. The molecule has 1 fully saturated rings. The van der Waals surface area contributed by atoms with Gasteiger partial charge < -0.3 is 14.9 Å². The van der Waals surface area contributed by atoms with Gasteiger partial charge in [0.2, 0.25) is 0 Å². The van der Waals surface area contributed by atoms with Crippen molar-refractivity contribution in [2.24, 2.45) is 5.92 Å². The van der Waals surface area contributed by atoms with Crippen LogP contribution in [0.2, 0.25) is 0 Å². The second-order valence-corrected chi connectivity index (χ2v) is 5.56. The molecule has 1 atom stereocenters. The molecule has 1 saturated heterocycles. The number of unbranched alkanes of at least 4 members (excludes halogenated alkanes) is 1. The zero-order chi connectivity index (χ0) is 13.4. The van der Waals surface area contributed by atoms with Crippen LogP contribution >= 0.6 is 0 Å². The van der Waals surface area contributed by atoms with Crippen molar-refractivity contribution in [3.8, 4) is 0 Å². The van der Waals surface area contributed by atoms with E-state index in [1.807, 2.05) is 0 Å². The maximum absolute atomic E-state index is 9.41. The molecule has 106 valence electrons. The van der Waals surface area contributed by atoms with Crippen molar-refractivity contribution in [2.45, 2.75) is 33.1 Å². The highest BCUT2D eigenvalue weighted by molar-refractivity contribution is 5.06. The van der Waals surface area contributed by atoms with Crippen molar-refractivity contribution >= 4 is 0 Å². The Balaban J connectivity index is 2.28. The molecule has 0 bridgehead atoms. The fourth-order valence-corrected chi connectivity index (χ4v) is 2.38. The molecule has 0 radical (unpaired) electrons. The zero-order valence-electron chi connectivity index (χ0n) is 12.4. The number of hydrogen-bond donors (Lipinski definition) is 1. The fourth-order valence-electron chi connectivity index (χ4n) is 2.38. The van der Waals surface area contributed by atoms with Crippen LogP contribution in [0, 0.1) is 5.92 Å². The van der Waals surface area contributed by atoms with Crippen molar-refractivity contribution in [3.63, 3.8) is 0 Å². The number of likely N-dealkylation sites (N-methyl/N-ethyl adjacent to an activating group) is 1. The molecule has 18 heavy (non-hydrogen) atoms. The van der Waals surface area contributed by atoms with Gasteiger partial charge in [0.1, 0.15) is 0 Å². The van der Waals surface area contributed by atoms with Crippen LogP contribution in [0.15, 0.2) is 11.6 Å². The van der Waals surface area contributed by atoms with Gasteiger partial charge in [-0.05, 0) is 37.9 Å². The molecule has 1 unspecified atom stereocenters. The van der Waals surface area contributed by atoms with E-state index in [0.29, 0.717) is 5.92 Å². The van der Waals surface area contributed by atoms with Crippen LogP contribution in [0.4, 0.5) is 0 Å². The monoisotopic (exact) mass is 254 g/mol. The molecule has 1 aliphatic rings. The first-order valence-corrected chi connectivity index (χ1v) is 7.38. The van der Waals surface area contributed by atoms with E-state index < -0.39 is 0 Å². The van der Waals surface area contributed by atoms with Gasteiger partial charge in [-0.15, -0.1) is 0 Å². The summed E-state index contributed by atoms with van der Waals surface area (Å²) >= 11 is 0. The summed E-state index contributed by atoms with van der Waals surface area (Å²) in [6.07, 6.45) is 5.65. The Hall–Kier alpha value is -0.380. The number of nitrogens with zero attached hydrogens (tertiary/aromatic N) is 2. The summed E-state index contributed by atoms with van der Waals surface area (Å²) in [5, 5.41) is 9.41. The Morgan fingerprint density at radius 2 is 1.94 bits per heavy atom. The highest BCUT2D eigenvalue weighted by atomic mass is 16.3. The lowest BCUT2D eigenvalue weighted by molar-refractivity contribution is 0.148. The van der Waals surface area contributed by atoms with Gasteiger partial charge in [-0.1, -0.05) is 26.3 Å². The molecule has 0 amide bonds. The van der Waals surface area contributed by atoms with E-state index in [9.17, 15) is 5.11 Å². The van der Waals surface area contributed by atoms with Crippen molar-refractivity contribution < 1.29 is 5.11 Å². The SMILES string of the molecule is CCC/C=C(/CO)C(C)CCN1CCN(C)CC1. The quantitative estimate of drug-likeness (QED) is 0.704. The molecule has 1 rings (SSSR count). The zero-order valence-corrected chi connectivity index (χ0v) is 12.4. The van der Waals surface area contributed by atoms with Crippen molar-refractivity contribution in [3.05, 3.63) is 11.6 Å². The second kappa shape index (κ2) is 8.68. The van der Waals surface area contributed by atoms with E-state index in [0.717, 1.165) is 12.8 Å². The van der Waals surface area contributed by atoms with Gasteiger partial charge in [0.05, 0.1) is 6.61 Å². The van der Waals surface area contributed by atoms with Crippen LogP contribution in [-0.2, 0) is 0 Å². The number of hydrogen-bond acceptors (Lipinski definition) is 3. The van der Waals surface area contributed by atoms with E-state index in [4.69, 9.17) is 0 Å². The van der Waals surface area contributed by atoms with Gasteiger partial charge in [0.15, 0.2) is 0 Å². The van der Waals surface area contributed by atoms with Gasteiger partial charge in [-0.25, -0.2) is 0 Å². The molecule has 3 nitrogen and oxygen atoms in total. The molecule has 0 saturated carbocycles. The Morgan fingerprint density at radius 3 is 2.50 bits per heavy atom. The maximum atomic E-state index is 9.41. The third-order valence-corrected chi connectivity index (χ3v) is 3.98. The molecule has 0 aromatic carbocycles. The molecule has 0 aliphatic carbocycles. The van der Waals surface area contributed by atoms with Gasteiger partial charge in [-0.3, -0.25) is 0 Å². The summed E-state index contributed by atoms with van der Waals surface area (Å²) in [4.78, 5) is 4.94. The van der Waals surface area contributed by atoms with Gasteiger partial charge in [-0.2, -0.15) is 0 Å². The van der Waals surface area contributed by atoms with Crippen LogP contribution in [0.3, 0.4) is 0 Å². The number of aliphatic hydroxyl groups excluding tert-OH is 1. The number of piperazine rings is 1. The molecule has 0 spiro atoms. The summed E-state index contributed by atoms with van der Waals surface area (Å²) in [6, 6.07) is 0. The third-order valence-electron chi connectivity index (χ3n) is 3.98. The fraction of sp³-hybridized carbons (Fsp3) is 0.867. The molecule has 3 heteroatoms. The lowest BCUT2D eigenvalue weighted by atomic mass is 9.96. The Morgan fingerprint density at radius 1 is 1.28 bits per heavy atom. The first-order chi connectivity index (χ1) is 8.67. The topological polar surface area (TPSA) is 26.7 Å². The number of aliphatic hydroxyl groups is 1. The van der Waals surface area contributed by atoms with Gasteiger partial charge in [0.25, 0.3) is 0 Å². The normalized spacial score (nSPS) is 21.2. The first kappa shape index (κ1) is 15.7. The average Bonchev–Trinajstić information content (AvgIpc) is 2.39. The molecule has 0 aromatic heterocycles. The van der Waals surface area contributed by atoms with Crippen LogP contribution in [0.5, 0.6) is 0 Å². The van der Waals surface area contributed by atoms with Crippen molar-refractivity contribution in [2.75, 3.05) is 46.4 Å². The smallest absolute Gasteiger partial charge is 0.0644 e. The van der Waals surface area contributed by atoms with Crippen molar-refractivity contribution in [1.82, 2.24) is 9.80 Å². The molecular formula is C15H30N2O. The van der Waals surface area contributed by atoms with Gasteiger partial charge >= 0.3 is 0 Å². The molecule has 1 aliphatic heterocycles. The predicted octanol–water partition coefficient (Wildman–Crippen LogP) is 1.98. The predicted molar refractivity (Wildman–Crippen MR) is 77.8 cm³/mol. The van der Waals surface area contributed by atoms with E-state index in [2.05, 4.69) is 36.8 Å². The summed E-state index contributed by atoms with van der Waals surface area (Å²) < 4.78 is 0. The van der Waals surface area contributed by atoms with E-state index in [1.165, 1.54) is 44.7 Å². The van der Waals surface area contributed by atoms with Crippen LogP contribution in [0.1, 0.15) is 33.1 Å². The minimum absolute atomic E-state index is 0.226. The molecule has 0 aromatic rings. The molecule has 1 N–H and O–H groups in total. The lowest BCUT2D eigenvalue weighted by Crippen LogP contribution is -2.44. The summed E-state index contributed by atoms with van der Waals surface area (Å²) in [5.74, 6) is 0.515. The standard InChI is InChI=1S/C15H30N2O/c1-4-5-6-15(13-18)14(2)7-8-17-11-9-16(3)10-12-17/h6,14,18H,4-5,7-13H2,1-3H3/b15-6-. The molecular weight excluding hydrogens is 224 g/mol. The van der Waals surface area contributed by atoms with Crippen LogP contribution in [-0.4, -0.2) is 61.3 Å². The summed E-state index contributed by atoms with van der Waals surface area (Å²) in [6.45, 7) is 10.6. The summed E-state index contributed by atoms with van der Waals surface area (Å²) in [7, 11) is 2.19. The molecule has 1 heterocycles. The lowest BCUT2D eigenvalue weighted by Gasteiger charge is -2.33. The van der Waals surface area contributed by atoms with E-state index in [-0.39, 0.29) is 6.61 Å². The second-order valence-electron chi connectivity index (χ2n) is 5.56. The Bertz CT molecular complexity index is 245.